The number of aromatic nitrogens is 4. The third kappa shape index (κ3) is 6.84. The number of ether oxygens (including phenoxy) is 2. The second kappa shape index (κ2) is 10.5. The molecule has 3 rings (SSSR count). The average molecular weight is 463 g/mol. The fourth-order valence-corrected chi connectivity index (χ4v) is 2.39. The molecule has 3 aromatic rings. The van der Waals surface area contributed by atoms with Crippen molar-refractivity contribution in [3.63, 3.8) is 0 Å². The Labute approximate surface area is 183 Å². The van der Waals surface area contributed by atoms with Crippen LogP contribution in [0.4, 0.5) is 41.6 Å². The Hall–Kier alpha value is -4.82. The number of carbonyl (C=O) groups is 2. The van der Waals surface area contributed by atoms with E-state index in [9.17, 15) is 18.4 Å². The fourth-order valence-electron chi connectivity index (χ4n) is 2.39. The zero-order chi connectivity index (χ0) is 23.8. The van der Waals surface area contributed by atoms with Crippen LogP contribution in [0.5, 0.6) is 11.5 Å². The molecule has 15 heteroatoms. The maximum atomic E-state index is 12.2. The summed E-state index contributed by atoms with van der Waals surface area (Å²) in [7, 11) is 0. The molecule has 0 aliphatic rings. The van der Waals surface area contributed by atoms with Crippen molar-refractivity contribution in [1.29, 1.82) is 0 Å². The molecule has 0 atom stereocenters. The average Bonchev–Trinajstić information content (AvgIpc) is 2.74. The molecule has 172 valence electrons. The Kier molecular flexibility index (Phi) is 7.25. The lowest BCUT2D eigenvalue weighted by Crippen LogP contribution is -2.15. The first-order valence-corrected chi connectivity index (χ1v) is 8.90. The number of amides is 2. The van der Waals surface area contributed by atoms with Crippen molar-refractivity contribution in [2.24, 2.45) is 0 Å². The molecule has 5 N–H and O–H groups in total. The van der Waals surface area contributed by atoms with Crippen LogP contribution in [-0.2, 0) is 6.61 Å². The molecule has 2 aromatic heterocycles. The van der Waals surface area contributed by atoms with E-state index >= 15 is 0 Å². The predicted molar refractivity (Wildman–Crippen MR) is 108 cm³/mol. The summed E-state index contributed by atoms with van der Waals surface area (Å²) in [5.74, 6) is -0.566. The highest BCUT2D eigenvalue weighted by Crippen LogP contribution is 2.30. The fraction of sp³-hybridized carbons (Fsp3) is 0.111. The summed E-state index contributed by atoms with van der Waals surface area (Å²) in [6, 6.07) is 5.71. The van der Waals surface area contributed by atoms with Gasteiger partial charge < -0.3 is 25.0 Å². The van der Waals surface area contributed by atoms with Gasteiger partial charge in [0, 0.05) is 23.6 Å². The Balaban J connectivity index is 1.67. The van der Waals surface area contributed by atoms with E-state index in [0.29, 0.717) is 11.3 Å². The molecular formula is C18H15F2N7O6. The smallest absolute Gasteiger partial charge is 0.410 e. The van der Waals surface area contributed by atoms with Gasteiger partial charge >= 0.3 is 18.8 Å². The number of nitrogens with zero attached hydrogens (tertiary/aromatic N) is 4. The van der Waals surface area contributed by atoms with Gasteiger partial charge in [-0.3, -0.25) is 10.6 Å². The van der Waals surface area contributed by atoms with Gasteiger partial charge in [-0.05, 0) is 24.3 Å². The van der Waals surface area contributed by atoms with E-state index in [1.807, 2.05) is 10.6 Å². The lowest BCUT2D eigenvalue weighted by atomic mass is 10.3. The second-order valence-electron chi connectivity index (χ2n) is 5.99. The van der Waals surface area contributed by atoms with Crippen LogP contribution in [0.3, 0.4) is 0 Å². The second-order valence-corrected chi connectivity index (χ2v) is 5.99. The lowest BCUT2D eigenvalue weighted by molar-refractivity contribution is -0.0498. The molecule has 0 saturated heterocycles. The molecule has 33 heavy (non-hydrogen) atoms. The Bertz CT molecular complexity index is 1080. The summed E-state index contributed by atoms with van der Waals surface area (Å²) in [4.78, 5) is 37.5. The first kappa shape index (κ1) is 22.9. The molecule has 0 unspecified atom stereocenters. The van der Waals surface area contributed by atoms with Crippen LogP contribution in [0, 0.1) is 0 Å². The summed E-state index contributed by atoms with van der Waals surface area (Å²) < 4.78 is 34.2. The van der Waals surface area contributed by atoms with Crippen LogP contribution in [0.1, 0.15) is 5.56 Å². The Morgan fingerprint density at radius 3 is 2.03 bits per heavy atom. The highest BCUT2D eigenvalue weighted by Gasteiger charge is 2.17. The van der Waals surface area contributed by atoms with Gasteiger partial charge in [0.2, 0.25) is 11.7 Å². The molecule has 0 bridgehead atoms. The zero-order valence-electron chi connectivity index (χ0n) is 16.4. The number of alkyl halides is 2. The van der Waals surface area contributed by atoms with Crippen molar-refractivity contribution in [3.8, 4) is 11.5 Å². The molecule has 2 amide bonds. The molecule has 0 aliphatic carbocycles. The molecule has 2 heterocycles. The molecule has 1 aromatic carbocycles. The van der Waals surface area contributed by atoms with Gasteiger partial charge in [-0.1, -0.05) is 0 Å². The highest BCUT2D eigenvalue weighted by molar-refractivity contribution is 5.89. The van der Waals surface area contributed by atoms with Crippen LogP contribution < -0.4 is 25.4 Å². The van der Waals surface area contributed by atoms with Crippen molar-refractivity contribution >= 4 is 35.5 Å². The van der Waals surface area contributed by atoms with E-state index in [4.69, 9.17) is 14.9 Å². The third-order valence-electron chi connectivity index (χ3n) is 3.68. The molecule has 0 aliphatic heterocycles. The van der Waals surface area contributed by atoms with Crippen LogP contribution in [-0.4, -0.2) is 48.9 Å². The van der Waals surface area contributed by atoms with Gasteiger partial charge in [-0.15, -0.1) is 0 Å². The molecular weight excluding hydrogens is 448 g/mol. The summed E-state index contributed by atoms with van der Waals surface area (Å²) in [5, 5.41) is 24.7. The van der Waals surface area contributed by atoms with Crippen LogP contribution >= 0.6 is 0 Å². The third-order valence-corrected chi connectivity index (χ3v) is 3.68. The quantitative estimate of drug-likeness (QED) is 0.314. The SMILES string of the molecule is O=C(O)Nc1ncnc(NC(=O)O)c1OCc1cnc(Nc2ccc(OC(F)F)cc2)nc1. The standard InChI is InChI=1S/C18H15F2N7O6/c19-15(20)33-11-3-1-10(2-4-11)25-16-21-5-9(6-22-16)7-32-12-13(26-17(28)29)23-8-24-14(12)27-18(30)31/h1-6,8,15H,7H2,(H,28,29)(H,30,31)(H,21,22,25)(H2,23,24,26,27). The number of halogens is 2. The first-order valence-electron chi connectivity index (χ1n) is 8.90. The number of rotatable bonds is 9. The molecule has 13 nitrogen and oxygen atoms in total. The number of benzene rings is 1. The van der Waals surface area contributed by atoms with Crippen molar-refractivity contribution in [2.45, 2.75) is 13.2 Å². The Morgan fingerprint density at radius 2 is 1.52 bits per heavy atom. The molecule has 0 fully saturated rings. The van der Waals surface area contributed by atoms with Gasteiger partial charge in [0.25, 0.3) is 0 Å². The van der Waals surface area contributed by atoms with Gasteiger partial charge in [0.05, 0.1) is 0 Å². The predicted octanol–water partition coefficient (Wildman–Crippen LogP) is 3.37. The number of nitrogens with one attached hydrogen (secondary N) is 3. The summed E-state index contributed by atoms with van der Waals surface area (Å²) in [6.07, 6.45) is 0.892. The normalized spacial score (nSPS) is 10.4. The molecule has 0 spiro atoms. The number of hydrogen-bond donors (Lipinski definition) is 5. The topological polar surface area (TPSA) is 181 Å². The number of carboxylic acid groups (broad SMARTS) is 2. The van der Waals surface area contributed by atoms with E-state index in [-0.39, 0.29) is 35.7 Å². The largest absolute Gasteiger partial charge is 0.481 e. The van der Waals surface area contributed by atoms with Gasteiger partial charge in [0.15, 0.2) is 11.6 Å². The van der Waals surface area contributed by atoms with Gasteiger partial charge in [-0.2, -0.15) is 8.78 Å². The minimum atomic E-state index is -2.92. The number of hydrogen-bond acceptors (Lipinski definition) is 9. The van der Waals surface area contributed by atoms with E-state index in [0.717, 1.165) is 6.33 Å². The van der Waals surface area contributed by atoms with Crippen molar-refractivity contribution in [3.05, 3.63) is 48.5 Å². The Morgan fingerprint density at radius 1 is 0.939 bits per heavy atom. The van der Waals surface area contributed by atoms with Gasteiger partial charge in [-0.25, -0.2) is 29.5 Å². The van der Waals surface area contributed by atoms with E-state index in [1.165, 1.54) is 36.7 Å². The summed E-state index contributed by atoms with van der Waals surface area (Å²) in [6.45, 7) is -3.09. The van der Waals surface area contributed by atoms with Crippen molar-refractivity contribution < 1.29 is 38.1 Å². The zero-order valence-corrected chi connectivity index (χ0v) is 16.4. The minimum Gasteiger partial charge on any atom is -0.481 e. The minimum absolute atomic E-state index is 0.00220. The highest BCUT2D eigenvalue weighted by atomic mass is 19.3. The van der Waals surface area contributed by atoms with E-state index < -0.39 is 18.8 Å². The maximum absolute atomic E-state index is 12.2. The summed E-state index contributed by atoms with van der Waals surface area (Å²) >= 11 is 0. The van der Waals surface area contributed by atoms with Crippen LogP contribution in [0.25, 0.3) is 0 Å². The first-order chi connectivity index (χ1) is 15.8. The molecule has 0 saturated carbocycles. The summed E-state index contributed by atoms with van der Waals surface area (Å²) in [5.41, 5.74) is 0.975. The van der Waals surface area contributed by atoms with Crippen molar-refractivity contribution in [2.75, 3.05) is 16.0 Å². The molecule has 0 radical (unpaired) electrons. The number of anilines is 4. The van der Waals surface area contributed by atoms with Crippen LogP contribution in [0.15, 0.2) is 43.0 Å². The van der Waals surface area contributed by atoms with Crippen LogP contribution in [0.2, 0.25) is 0 Å². The van der Waals surface area contributed by atoms with E-state index in [2.05, 4.69) is 30.0 Å². The maximum Gasteiger partial charge on any atom is 0.410 e. The van der Waals surface area contributed by atoms with Gasteiger partial charge in [0.1, 0.15) is 18.7 Å². The monoisotopic (exact) mass is 463 g/mol. The lowest BCUT2D eigenvalue weighted by Gasteiger charge is -2.13. The van der Waals surface area contributed by atoms with E-state index in [1.54, 1.807) is 0 Å². The van der Waals surface area contributed by atoms with Crippen molar-refractivity contribution in [1.82, 2.24) is 19.9 Å².